The molecule has 48 heavy (non-hydrogen) atoms. The number of carboxylic acids is 1. The van der Waals surface area contributed by atoms with Crippen LogP contribution in [0.25, 0.3) is 21.8 Å². The number of aromatic nitrogens is 2. The van der Waals surface area contributed by atoms with E-state index in [1.54, 1.807) is 42.7 Å². The summed E-state index contributed by atoms with van der Waals surface area (Å²) in [6, 6.07) is 18.7. The van der Waals surface area contributed by atoms with Gasteiger partial charge in [0.25, 0.3) is 0 Å². The van der Waals surface area contributed by atoms with Gasteiger partial charge in [0, 0.05) is 53.5 Å². The van der Waals surface area contributed by atoms with Gasteiger partial charge in [0.2, 0.25) is 23.6 Å². The van der Waals surface area contributed by atoms with Gasteiger partial charge in [-0.2, -0.15) is 0 Å². The Morgan fingerprint density at radius 1 is 0.625 bits per heavy atom. The van der Waals surface area contributed by atoms with Crippen molar-refractivity contribution in [3.05, 3.63) is 108 Å². The van der Waals surface area contributed by atoms with E-state index in [1.807, 2.05) is 48.5 Å². The molecule has 0 fully saturated rings. The minimum Gasteiger partial charge on any atom is -0.480 e. The van der Waals surface area contributed by atoms with Crippen molar-refractivity contribution in [3.63, 3.8) is 0 Å². The summed E-state index contributed by atoms with van der Waals surface area (Å²) >= 11 is 0. The fraction of sp³-hybridized carbons (Fsp3) is 0.229. The molecule has 4 unspecified atom stereocenters. The molecule has 0 aliphatic carbocycles. The number of aliphatic carboxylic acids is 1. The molecule has 0 aliphatic rings. The highest BCUT2D eigenvalue weighted by Gasteiger charge is 2.32. The third-order valence-corrected chi connectivity index (χ3v) is 8.12. The van der Waals surface area contributed by atoms with E-state index in [2.05, 4.69) is 25.9 Å². The summed E-state index contributed by atoms with van der Waals surface area (Å²) in [6.45, 7) is 0. The number of aromatic amines is 2. The molecule has 13 heteroatoms. The zero-order chi connectivity index (χ0) is 34.2. The first-order chi connectivity index (χ1) is 23.1. The van der Waals surface area contributed by atoms with Gasteiger partial charge in [0.1, 0.15) is 18.1 Å². The van der Waals surface area contributed by atoms with Crippen LogP contribution in [0.4, 0.5) is 0 Å². The minimum absolute atomic E-state index is 0.00587. The standard InChI is InChI=1S/C35H37N7O6/c36-25(17-31(37)43)32(44)40-29(15-21-18-38-26-12-6-4-10-23(21)26)34(46)41-28(14-20-8-2-1-3-9-20)33(45)42-30(35(47)48)16-22-19-39-27-13-7-5-11-24(22)27/h1-13,18-19,25,28-30,38-39H,14-17,36H2,(H2,37,43)(H,40,44)(H,41,46)(H,42,45)(H,47,48). The van der Waals surface area contributed by atoms with Gasteiger partial charge in [-0.25, -0.2) is 4.79 Å². The number of hydrogen-bond acceptors (Lipinski definition) is 6. The Labute approximate surface area is 275 Å². The van der Waals surface area contributed by atoms with Gasteiger partial charge in [0.15, 0.2) is 0 Å². The molecule has 0 radical (unpaired) electrons. The Hall–Kier alpha value is -5.95. The number of para-hydroxylation sites is 2. The lowest BCUT2D eigenvalue weighted by atomic mass is 10.0. The average molecular weight is 652 g/mol. The number of fused-ring (bicyclic) bond motifs is 2. The lowest BCUT2D eigenvalue weighted by Gasteiger charge is -2.25. The summed E-state index contributed by atoms with van der Waals surface area (Å²) in [5, 5.41) is 19.7. The second-order valence-electron chi connectivity index (χ2n) is 11.6. The monoisotopic (exact) mass is 651 g/mol. The second kappa shape index (κ2) is 15.1. The predicted molar refractivity (Wildman–Crippen MR) is 179 cm³/mol. The number of primary amides is 1. The molecule has 0 spiro atoms. The molecule has 0 aliphatic heterocycles. The first-order valence-electron chi connectivity index (χ1n) is 15.4. The molecule has 3 aromatic carbocycles. The Morgan fingerprint density at radius 2 is 1.08 bits per heavy atom. The van der Waals surface area contributed by atoms with E-state index in [1.165, 1.54) is 0 Å². The SMILES string of the molecule is NC(=O)CC(N)C(=O)NC(Cc1c[nH]c2ccccc12)C(=O)NC(Cc1ccccc1)C(=O)NC(Cc1c[nH]c2ccccc12)C(=O)O. The van der Waals surface area contributed by atoms with E-state index in [9.17, 15) is 29.1 Å². The zero-order valence-corrected chi connectivity index (χ0v) is 25.9. The molecule has 4 atom stereocenters. The highest BCUT2D eigenvalue weighted by atomic mass is 16.4. The highest BCUT2D eigenvalue weighted by Crippen LogP contribution is 2.21. The van der Waals surface area contributed by atoms with Crippen LogP contribution in [0.15, 0.2) is 91.3 Å². The van der Waals surface area contributed by atoms with Crippen LogP contribution in [-0.4, -0.2) is 68.8 Å². The molecule has 4 amide bonds. The van der Waals surface area contributed by atoms with Crippen LogP contribution in [0, 0.1) is 0 Å². The lowest BCUT2D eigenvalue weighted by Crippen LogP contribution is -2.58. The molecule has 5 aromatic rings. The normalized spacial score (nSPS) is 13.7. The van der Waals surface area contributed by atoms with Crippen molar-refractivity contribution in [2.24, 2.45) is 11.5 Å². The van der Waals surface area contributed by atoms with Crippen molar-refractivity contribution in [1.29, 1.82) is 0 Å². The van der Waals surface area contributed by atoms with E-state index in [-0.39, 0.29) is 19.3 Å². The number of nitrogens with one attached hydrogen (secondary N) is 5. The number of carbonyl (C=O) groups is 5. The number of carboxylic acid groups (broad SMARTS) is 1. The summed E-state index contributed by atoms with van der Waals surface area (Å²) < 4.78 is 0. The molecule has 10 N–H and O–H groups in total. The van der Waals surface area contributed by atoms with Crippen LogP contribution >= 0.6 is 0 Å². The van der Waals surface area contributed by atoms with Gasteiger partial charge in [-0.15, -0.1) is 0 Å². The minimum atomic E-state index is -1.31. The molecule has 248 valence electrons. The fourth-order valence-electron chi connectivity index (χ4n) is 5.64. The summed E-state index contributed by atoms with van der Waals surface area (Å²) in [5.41, 5.74) is 14.9. The number of benzene rings is 3. The van der Waals surface area contributed by atoms with Gasteiger partial charge in [-0.1, -0.05) is 66.7 Å². The van der Waals surface area contributed by atoms with E-state index in [0.29, 0.717) is 16.7 Å². The van der Waals surface area contributed by atoms with Crippen molar-refractivity contribution in [2.75, 3.05) is 0 Å². The summed E-state index contributed by atoms with van der Waals surface area (Å²) in [4.78, 5) is 70.7. The van der Waals surface area contributed by atoms with Crippen LogP contribution < -0.4 is 27.4 Å². The van der Waals surface area contributed by atoms with Gasteiger partial charge >= 0.3 is 5.97 Å². The van der Waals surface area contributed by atoms with E-state index < -0.39 is 60.2 Å². The fourth-order valence-corrected chi connectivity index (χ4v) is 5.64. The highest BCUT2D eigenvalue weighted by molar-refractivity contribution is 5.96. The molecule has 2 aromatic heterocycles. The van der Waals surface area contributed by atoms with Crippen LogP contribution in [0.5, 0.6) is 0 Å². The number of H-pyrrole nitrogens is 2. The Kier molecular flexibility index (Phi) is 10.5. The maximum atomic E-state index is 13.9. The smallest absolute Gasteiger partial charge is 0.326 e. The maximum Gasteiger partial charge on any atom is 0.326 e. The average Bonchev–Trinajstić information content (AvgIpc) is 3.67. The first kappa shape index (κ1) is 33.4. The summed E-state index contributed by atoms with van der Waals surface area (Å²) in [5.74, 6) is -4.23. The Morgan fingerprint density at radius 3 is 1.62 bits per heavy atom. The van der Waals surface area contributed by atoms with E-state index in [4.69, 9.17) is 11.5 Å². The first-order valence-corrected chi connectivity index (χ1v) is 15.4. The Bertz CT molecular complexity index is 1940. The predicted octanol–water partition coefficient (Wildman–Crippen LogP) is 1.42. The topological polar surface area (TPSA) is 225 Å². The molecule has 0 saturated carbocycles. The van der Waals surface area contributed by atoms with Crippen molar-refractivity contribution >= 4 is 51.4 Å². The maximum absolute atomic E-state index is 13.9. The zero-order valence-electron chi connectivity index (χ0n) is 25.9. The van der Waals surface area contributed by atoms with Gasteiger partial charge in [0.05, 0.1) is 12.5 Å². The van der Waals surface area contributed by atoms with Crippen molar-refractivity contribution in [1.82, 2.24) is 25.9 Å². The van der Waals surface area contributed by atoms with Gasteiger partial charge in [-0.3, -0.25) is 19.2 Å². The number of amides is 4. The van der Waals surface area contributed by atoms with Crippen LogP contribution in [0.1, 0.15) is 23.1 Å². The number of hydrogen-bond donors (Lipinski definition) is 8. The molecule has 5 rings (SSSR count). The van der Waals surface area contributed by atoms with Crippen LogP contribution in [0.3, 0.4) is 0 Å². The van der Waals surface area contributed by atoms with E-state index >= 15 is 0 Å². The largest absolute Gasteiger partial charge is 0.480 e. The Balaban J connectivity index is 1.40. The van der Waals surface area contributed by atoms with Crippen molar-refractivity contribution in [2.45, 2.75) is 49.9 Å². The molecule has 13 nitrogen and oxygen atoms in total. The van der Waals surface area contributed by atoms with Gasteiger partial charge in [-0.05, 0) is 28.8 Å². The van der Waals surface area contributed by atoms with Crippen LogP contribution in [-0.2, 0) is 43.2 Å². The lowest BCUT2D eigenvalue weighted by molar-refractivity contribution is -0.142. The number of nitrogens with two attached hydrogens (primary N) is 2. The number of rotatable bonds is 15. The third-order valence-electron chi connectivity index (χ3n) is 8.12. The third kappa shape index (κ3) is 8.25. The second-order valence-corrected chi connectivity index (χ2v) is 11.6. The molecular weight excluding hydrogens is 614 g/mol. The van der Waals surface area contributed by atoms with Gasteiger partial charge < -0.3 is 42.5 Å². The molecule has 2 heterocycles. The van der Waals surface area contributed by atoms with Crippen molar-refractivity contribution in [3.8, 4) is 0 Å². The molecule has 0 saturated heterocycles. The molecule has 0 bridgehead atoms. The summed E-state index contributed by atoms with van der Waals surface area (Å²) in [7, 11) is 0. The quantitative estimate of drug-likeness (QED) is 0.0830. The van der Waals surface area contributed by atoms with E-state index in [0.717, 1.165) is 21.8 Å². The summed E-state index contributed by atoms with van der Waals surface area (Å²) in [6.07, 6.45) is 3.04. The van der Waals surface area contributed by atoms with Crippen LogP contribution in [0.2, 0.25) is 0 Å². The number of carbonyl (C=O) groups excluding carboxylic acids is 4. The molecular formula is C35H37N7O6. The van der Waals surface area contributed by atoms with Crippen molar-refractivity contribution < 1.29 is 29.1 Å².